The first-order valence-corrected chi connectivity index (χ1v) is 10.8. The van der Waals surface area contributed by atoms with Gasteiger partial charge in [0.2, 0.25) is 0 Å². The Labute approximate surface area is 199 Å². The highest BCUT2D eigenvalue weighted by Crippen LogP contribution is 2.43. The minimum absolute atomic E-state index is 0.128. The van der Waals surface area contributed by atoms with Crippen LogP contribution < -0.4 is 9.64 Å². The average molecular weight is 486 g/mol. The van der Waals surface area contributed by atoms with Gasteiger partial charge in [-0.05, 0) is 61.0 Å². The zero-order valence-electron chi connectivity index (χ0n) is 17.4. The molecule has 1 heterocycles. The summed E-state index contributed by atoms with van der Waals surface area (Å²) in [6.45, 7) is 2.24. The van der Waals surface area contributed by atoms with E-state index in [4.69, 9.17) is 27.9 Å². The van der Waals surface area contributed by atoms with Crippen LogP contribution in [0.4, 0.5) is 10.1 Å². The van der Waals surface area contributed by atoms with Crippen LogP contribution in [0.25, 0.3) is 5.76 Å². The summed E-state index contributed by atoms with van der Waals surface area (Å²) in [5.41, 5.74) is 0.923. The molecule has 168 valence electrons. The number of aliphatic hydroxyl groups excluding tert-OH is 1. The third-order valence-corrected chi connectivity index (χ3v) is 5.97. The molecule has 1 amide bonds. The highest BCUT2D eigenvalue weighted by Gasteiger charge is 2.47. The van der Waals surface area contributed by atoms with Gasteiger partial charge in [-0.1, -0.05) is 41.4 Å². The Morgan fingerprint density at radius 1 is 1.03 bits per heavy atom. The smallest absolute Gasteiger partial charge is 0.300 e. The van der Waals surface area contributed by atoms with Gasteiger partial charge in [0.15, 0.2) is 0 Å². The fourth-order valence-electron chi connectivity index (χ4n) is 3.75. The summed E-state index contributed by atoms with van der Waals surface area (Å²) in [5.74, 6) is -2.10. The van der Waals surface area contributed by atoms with Crippen molar-refractivity contribution in [1.29, 1.82) is 0 Å². The van der Waals surface area contributed by atoms with Crippen molar-refractivity contribution in [1.82, 2.24) is 0 Å². The fraction of sp³-hybridized carbons (Fsp3) is 0.120. The second-order valence-electron chi connectivity index (χ2n) is 7.28. The van der Waals surface area contributed by atoms with Gasteiger partial charge >= 0.3 is 0 Å². The molecule has 3 aromatic rings. The molecular formula is C25H18Cl2FNO4. The Hall–Kier alpha value is -3.35. The van der Waals surface area contributed by atoms with Gasteiger partial charge in [-0.2, -0.15) is 0 Å². The minimum atomic E-state index is -1.01. The molecule has 0 bridgehead atoms. The summed E-state index contributed by atoms with van der Waals surface area (Å²) >= 11 is 12.3. The van der Waals surface area contributed by atoms with E-state index in [0.29, 0.717) is 28.5 Å². The molecule has 1 saturated heterocycles. The van der Waals surface area contributed by atoms with E-state index >= 15 is 0 Å². The molecule has 1 unspecified atom stereocenters. The highest BCUT2D eigenvalue weighted by molar-refractivity contribution is 6.51. The zero-order chi connectivity index (χ0) is 23.7. The molecule has 33 heavy (non-hydrogen) atoms. The van der Waals surface area contributed by atoms with Gasteiger partial charge in [0, 0.05) is 11.3 Å². The summed E-state index contributed by atoms with van der Waals surface area (Å²) in [6, 6.07) is 15.4. The number of rotatable bonds is 5. The van der Waals surface area contributed by atoms with Gasteiger partial charge in [0.05, 0.1) is 28.3 Å². The highest BCUT2D eigenvalue weighted by atomic mass is 35.5. The molecule has 4 rings (SSSR count). The van der Waals surface area contributed by atoms with Crippen molar-refractivity contribution in [2.24, 2.45) is 0 Å². The Balaban J connectivity index is 1.94. The van der Waals surface area contributed by atoms with E-state index in [9.17, 15) is 19.1 Å². The molecule has 1 fully saturated rings. The van der Waals surface area contributed by atoms with Crippen molar-refractivity contribution in [3.8, 4) is 5.75 Å². The fourth-order valence-corrected chi connectivity index (χ4v) is 4.06. The maximum atomic E-state index is 13.5. The normalized spacial score (nSPS) is 17.5. The number of anilines is 1. The lowest BCUT2D eigenvalue weighted by molar-refractivity contribution is -0.132. The Kier molecular flexibility index (Phi) is 6.40. The molecular weight excluding hydrogens is 468 g/mol. The van der Waals surface area contributed by atoms with Crippen molar-refractivity contribution in [3.05, 3.63) is 99.3 Å². The third kappa shape index (κ3) is 4.32. The number of benzene rings is 3. The first kappa shape index (κ1) is 22.8. The molecule has 0 spiro atoms. The SMILES string of the molecule is CCOc1cccc(/C(O)=C2/C(=O)C(=O)N(c3ccc(F)cc3)C2c2ccc(Cl)c(Cl)c2)c1. The number of amides is 1. The van der Waals surface area contributed by atoms with E-state index in [1.807, 2.05) is 6.92 Å². The predicted octanol–water partition coefficient (Wildman–Crippen LogP) is 6.16. The van der Waals surface area contributed by atoms with E-state index in [-0.39, 0.29) is 22.0 Å². The molecule has 0 saturated carbocycles. The van der Waals surface area contributed by atoms with Crippen molar-refractivity contribution in [2.45, 2.75) is 13.0 Å². The zero-order valence-corrected chi connectivity index (χ0v) is 18.9. The first-order chi connectivity index (χ1) is 15.8. The van der Waals surface area contributed by atoms with Crippen LogP contribution in [0.5, 0.6) is 5.75 Å². The number of halogens is 3. The number of aliphatic hydroxyl groups is 1. The molecule has 0 radical (unpaired) electrons. The van der Waals surface area contributed by atoms with Gasteiger partial charge in [0.25, 0.3) is 11.7 Å². The second-order valence-corrected chi connectivity index (χ2v) is 8.09. The largest absolute Gasteiger partial charge is 0.507 e. The number of ketones is 1. The van der Waals surface area contributed by atoms with Crippen LogP contribution in [0, 0.1) is 5.82 Å². The number of Topliss-reactive ketones (excluding diaryl/α,β-unsaturated/α-hetero) is 1. The summed E-state index contributed by atoms with van der Waals surface area (Å²) in [5, 5.41) is 11.7. The van der Waals surface area contributed by atoms with Gasteiger partial charge in [-0.25, -0.2) is 4.39 Å². The van der Waals surface area contributed by atoms with E-state index in [0.717, 1.165) is 0 Å². The van der Waals surface area contributed by atoms with Gasteiger partial charge < -0.3 is 9.84 Å². The van der Waals surface area contributed by atoms with Gasteiger partial charge in [0.1, 0.15) is 17.3 Å². The third-order valence-electron chi connectivity index (χ3n) is 5.23. The lowest BCUT2D eigenvalue weighted by Crippen LogP contribution is -2.29. The van der Waals surface area contributed by atoms with Crippen LogP contribution in [0.1, 0.15) is 24.1 Å². The van der Waals surface area contributed by atoms with Crippen molar-refractivity contribution in [2.75, 3.05) is 11.5 Å². The predicted molar refractivity (Wildman–Crippen MR) is 125 cm³/mol. The monoisotopic (exact) mass is 485 g/mol. The number of carbonyl (C=O) groups is 2. The molecule has 1 aliphatic heterocycles. The Morgan fingerprint density at radius 3 is 2.42 bits per heavy atom. The summed E-state index contributed by atoms with van der Waals surface area (Å²) in [6.07, 6.45) is 0. The molecule has 1 aliphatic rings. The summed E-state index contributed by atoms with van der Waals surface area (Å²) in [4.78, 5) is 27.4. The van der Waals surface area contributed by atoms with E-state index < -0.39 is 23.5 Å². The Morgan fingerprint density at radius 2 is 1.76 bits per heavy atom. The summed E-state index contributed by atoms with van der Waals surface area (Å²) in [7, 11) is 0. The van der Waals surface area contributed by atoms with E-state index in [1.165, 1.54) is 35.2 Å². The molecule has 0 aromatic heterocycles. The van der Waals surface area contributed by atoms with Crippen LogP contribution in [0.3, 0.4) is 0 Å². The van der Waals surface area contributed by atoms with Gasteiger partial charge in [-0.3, -0.25) is 14.5 Å². The maximum absolute atomic E-state index is 13.5. The van der Waals surface area contributed by atoms with E-state index in [2.05, 4.69) is 0 Å². The Bertz CT molecular complexity index is 1270. The minimum Gasteiger partial charge on any atom is -0.507 e. The average Bonchev–Trinajstić information content (AvgIpc) is 3.07. The second kappa shape index (κ2) is 9.25. The van der Waals surface area contributed by atoms with Crippen molar-refractivity contribution in [3.63, 3.8) is 0 Å². The van der Waals surface area contributed by atoms with Crippen LogP contribution in [-0.4, -0.2) is 23.4 Å². The molecule has 1 atom stereocenters. The van der Waals surface area contributed by atoms with Crippen molar-refractivity contribution < 1.29 is 23.8 Å². The van der Waals surface area contributed by atoms with Crippen molar-refractivity contribution >= 4 is 46.3 Å². The summed E-state index contributed by atoms with van der Waals surface area (Å²) < 4.78 is 19.0. The lowest BCUT2D eigenvalue weighted by Gasteiger charge is -2.25. The van der Waals surface area contributed by atoms with Crippen LogP contribution >= 0.6 is 23.2 Å². The number of hydrogen-bond acceptors (Lipinski definition) is 4. The standard InChI is InChI=1S/C25H18Cl2FNO4/c1-2-33-18-5-3-4-15(12-18)23(30)21-22(14-6-11-19(26)20(27)13-14)29(25(32)24(21)31)17-9-7-16(28)8-10-17/h3-13,22,30H,2H2,1H3/b23-21-. The van der Waals surface area contributed by atoms with E-state index in [1.54, 1.807) is 36.4 Å². The molecule has 5 nitrogen and oxygen atoms in total. The molecule has 8 heteroatoms. The van der Waals surface area contributed by atoms with Crippen LogP contribution in [0.15, 0.2) is 72.3 Å². The topological polar surface area (TPSA) is 66.8 Å². The quantitative estimate of drug-likeness (QED) is 0.267. The van der Waals surface area contributed by atoms with Gasteiger partial charge in [-0.15, -0.1) is 0 Å². The maximum Gasteiger partial charge on any atom is 0.300 e. The molecule has 3 aromatic carbocycles. The molecule has 0 aliphatic carbocycles. The number of nitrogens with zero attached hydrogens (tertiary/aromatic N) is 1. The number of carbonyl (C=O) groups excluding carboxylic acids is 2. The number of hydrogen-bond donors (Lipinski definition) is 1. The van der Waals surface area contributed by atoms with Crippen LogP contribution in [-0.2, 0) is 9.59 Å². The van der Waals surface area contributed by atoms with Crippen LogP contribution in [0.2, 0.25) is 10.0 Å². The number of ether oxygens (including phenoxy) is 1. The first-order valence-electron chi connectivity index (χ1n) is 10.1. The lowest BCUT2D eigenvalue weighted by atomic mass is 9.95. The molecule has 1 N–H and O–H groups in total.